The van der Waals surface area contributed by atoms with Crippen LogP contribution in [0.1, 0.15) is 5.56 Å². The number of para-hydroxylation sites is 1. The number of nitrogens with zero attached hydrogens (tertiary/aromatic N) is 5. The molecular formula is C18H11Cl2N5O. The molecule has 0 saturated carbocycles. The maximum Gasteiger partial charge on any atom is 0.285 e. The van der Waals surface area contributed by atoms with Gasteiger partial charge < -0.3 is 0 Å². The Morgan fingerprint density at radius 3 is 2.65 bits per heavy atom. The van der Waals surface area contributed by atoms with Crippen LogP contribution in [0.15, 0.2) is 71.0 Å². The van der Waals surface area contributed by atoms with Crippen LogP contribution in [0, 0.1) is 0 Å². The summed E-state index contributed by atoms with van der Waals surface area (Å²) in [5, 5.41) is 9.76. The average Bonchev–Trinajstić information content (AvgIpc) is 3.08. The molecular weight excluding hydrogens is 373 g/mol. The quantitative estimate of drug-likeness (QED) is 0.505. The third-order valence-corrected chi connectivity index (χ3v) is 4.32. The first-order chi connectivity index (χ1) is 12.6. The molecule has 0 spiro atoms. The Morgan fingerprint density at radius 2 is 1.88 bits per heavy atom. The minimum absolute atomic E-state index is 0.321. The smallest absolute Gasteiger partial charge is 0.266 e. The van der Waals surface area contributed by atoms with Gasteiger partial charge in [0.1, 0.15) is 11.7 Å². The fraction of sp³-hybridized carbons (Fsp3) is 0. The highest BCUT2D eigenvalue weighted by molar-refractivity contribution is 6.36. The summed E-state index contributed by atoms with van der Waals surface area (Å²) in [5.74, 6) is 0. The summed E-state index contributed by atoms with van der Waals surface area (Å²) >= 11 is 12.0. The third kappa shape index (κ3) is 3.00. The Bertz CT molecular complexity index is 1180. The predicted octanol–water partition coefficient (Wildman–Crippen LogP) is 3.77. The van der Waals surface area contributed by atoms with Crippen molar-refractivity contribution in [1.29, 1.82) is 0 Å². The number of aromatic nitrogens is 4. The largest absolute Gasteiger partial charge is 0.285 e. The van der Waals surface area contributed by atoms with E-state index in [1.165, 1.54) is 18.7 Å². The van der Waals surface area contributed by atoms with E-state index in [1.807, 2.05) is 30.3 Å². The standard InChI is InChI=1S/C18H11Cl2N5O/c19-13-7-6-12(16(20)8-13)9-22-24-11-21-17-15(18(24)26)10-23-25(17)14-4-2-1-3-5-14/h1-11H/b22-9-. The van der Waals surface area contributed by atoms with Crippen LogP contribution < -0.4 is 5.56 Å². The lowest BCUT2D eigenvalue weighted by Crippen LogP contribution is -2.17. The van der Waals surface area contributed by atoms with Gasteiger partial charge in [-0.3, -0.25) is 4.79 Å². The molecule has 0 aliphatic rings. The Balaban J connectivity index is 1.75. The number of benzene rings is 2. The van der Waals surface area contributed by atoms with E-state index in [4.69, 9.17) is 23.2 Å². The van der Waals surface area contributed by atoms with Crippen LogP contribution in [0.2, 0.25) is 10.0 Å². The zero-order valence-electron chi connectivity index (χ0n) is 13.3. The Labute approximate surface area is 157 Å². The summed E-state index contributed by atoms with van der Waals surface area (Å²) < 4.78 is 2.76. The highest BCUT2D eigenvalue weighted by Crippen LogP contribution is 2.19. The molecule has 4 aromatic rings. The molecule has 2 aromatic carbocycles. The summed E-state index contributed by atoms with van der Waals surface area (Å²) in [6.07, 6.45) is 4.32. The monoisotopic (exact) mass is 383 g/mol. The second-order valence-corrected chi connectivity index (χ2v) is 6.28. The van der Waals surface area contributed by atoms with Gasteiger partial charge in [-0.1, -0.05) is 47.5 Å². The molecule has 2 aromatic heterocycles. The molecule has 0 aliphatic heterocycles. The minimum Gasteiger partial charge on any atom is -0.266 e. The fourth-order valence-electron chi connectivity index (χ4n) is 2.47. The van der Waals surface area contributed by atoms with E-state index in [0.29, 0.717) is 26.6 Å². The van der Waals surface area contributed by atoms with Crippen LogP contribution in [0.25, 0.3) is 16.7 Å². The topological polar surface area (TPSA) is 65.1 Å². The SMILES string of the molecule is O=c1c2cnn(-c3ccccc3)c2ncn1/N=C\c1ccc(Cl)cc1Cl. The van der Waals surface area contributed by atoms with Gasteiger partial charge in [0.05, 0.1) is 23.1 Å². The lowest BCUT2D eigenvalue weighted by Gasteiger charge is -2.03. The van der Waals surface area contributed by atoms with Crippen molar-refractivity contribution in [2.45, 2.75) is 0 Å². The summed E-state index contributed by atoms with van der Waals surface area (Å²) in [4.78, 5) is 17.0. The van der Waals surface area contributed by atoms with E-state index in [9.17, 15) is 4.79 Å². The summed E-state index contributed by atoms with van der Waals surface area (Å²) in [7, 11) is 0. The molecule has 128 valence electrons. The molecule has 0 radical (unpaired) electrons. The number of rotatable bonds is 3. The number of fused-ring (bicyclic) bond motifs is 1. The van der Waals surface area contributed by atoms with Gasteiger partial charge in [0, 0.05) is 10.6 Å². The first kappa shape index (κ1) is 16.5. The number of hydrogen-bond donors (Lipinski definition) is 0. The van der Waals surface area contributed by atoms with Gasteiger partial charge in [0.25, 0.3) is 5.56 Å². The minimum atomic E-state index is -0.321. The lowest BCUT2D eigenvalue weighted by atomic mass is 10.2. The van der Waals surface area contributed by atoms with Crippen molar-refractivity contribution in [3.05, 3.63) is 87.0 Å². The Kier molecular flexibility index (Phi) is 4.28. The highest BCUT2D eigenvalue weighted by atomic mass is 35.5. The van der Waals surface area contributed by atoms with Gasteiger partial charge >= 0.3 is 0 Å². The van der Waals surface area contributed by atoms with Crippen LogP contribution in [0.4, 0.5) is 0 Å². The molecule has 26 heavy (non-hydrogen) atoms. The average molecular weight is 384 g/mol. The molecule has 0 atom stereocenters. The number of hydrogen-bond acceptors (Lipinski definition) is 4. The molecule has 0 fully saturated rings. The molecule has 0 bridgehead atoms. The molecule has 0 saturated heterocycles. The van der Waals surface area contributed by atoms with E-state index in [1.54, 1.807) is 22.9 Å². The molecule has 0 unspecified atom stereocenters. The maximum absolute atomic E-state index is 12.6. The van der Waals surface area contributed by atoms with Gasteiger partial charge in [-0.05, 0) is 24.3 Å². The van der Waals surface area contributed by atoms with Gasteiger partial charge in [0.2, 0.25) is 0 Å². The van der Waals surface area contributed by atoms with E-state index in [2.05, 4.69) is 15.2 Å². The molecule has 8 heteroatoms. The van der Waals surface area contributed by atoms with Crippen LogP contribution in [0.5, 0.6) is 0 Å². The molecule has 0 aliphatic carbocycles. The van der Waals surface area contributed by atoms with Crippen molar-refractivity contribution in [3.8, 4) is 5.69 Å². The normalized spacial score (nSPS) is 11.5. The van der Waals surface area contributed by atoms with Crippen LogP contribution in [-0.2, 0) is 0 Å². The van der Waals surface area contributed by atoms with E-state index >= 15 is 0 Å². The van der Waals surface area contributed by atoms with Crippen LogP contribution >= 0.6 is 23.2 Å². The van der Waals surface area contributed by atoms with Crippen molar-refractivity contribution in [1.82, 2.24) is 19.4 Å². The van der Waals surface area contributed by atoms with Crippen molar-refractivity contribution in [3.63, 3.8) is 0 Å². The summed E-state index contributed by atoms with van der Waals surface area (Å²) in [6.45, 7) is 0. The van der Waals surface area contributed by atoms with Crippen molar-refractivity contribution >= 4 is 40.4 Å². The lowest BCUT2D eigenvalue weighted by molar-refractivity contribution is 0.809. The molecule has 0 N–H and O–H groups in total. The van der Waals surface area contributed by atoms with Gasteiger partial charge in [-0.15, -0.1) is 0 Å². The Morgan fingerprint density at radius 1 is 1.08 bits per heavy atom. The first-order valence-electron chi connectivity index (χ1n) is 7.64. The zero-order valence-corrected chi connectivity index (χ0v) is 14.8. The molecule has 0 amide bonds. The van der Waals surface area contributed by atoms with Crippen molar-refractivity contribution in [2.75, 3.05) is 0 Å². The first-order valence-corrected chi connectivity index (χ1v) is 8.39. The molecule has 6 nitrogen and oxygen atoms in total. The molecule has 2 heterocycles. The number of halogens is 2. The molecule has 4 rings (SSSR count). The van der Waals surface area contributed by atoms with Gasteiger partial charge in [0.15, 0.2) is 5.65 Å². The van der Waals surface area contributed by atoms with Gasteiger partial charge in [-0.25, -0.2) is 9.67 Å². The van der Waals surface area contributed by atoms with Crippen LogP contribution in [0.3, 0.4) is 0 Å². The third-order valence-electron chi connectivity index (χ3n) is 3.76. The zero-order chi connectivity index (χ0) is 18.1. The van der Waals surface area contributed by atoms with E-state index < -0.39 is 0 Å². The second kappa shape index (κ2) is 6.74. The summed E-state index contributed by atoms with van der Waals surface area (Å²) in [6, 6.07) is 14.5. The fourth-order valence-corrected chi connectivity index (χ4v) is 2.93. The highest BCUT2D eigenvalue weighted by Gasteiger charge is 2.11. The summed E-state index contributed by atoms with van der Waals surface area (Å²) in [5.41, 5.74) is 1.61. The predicted molar refractivity (Wildman–Crippen MR) is 103 cm³/mol. The van der Waals surface area contributed by atoms with E-state index in [-0.39, 0.29) is 5.56 Å². The maximum atomic E-state index is 12.6. The second-order valence-electron chi connectivity index (χ2n) is 5.43. The Hall–Kier alpha value is -2.96. The van der Waals surface area contributed by atoms with Crippen molar-refractivity contribution < 1.29 is 0 Å². The van der Waals surface area contributed by atoms with Crippen LogP contribution in [-0.4, -0.2) is 25.7 Å². The van der Waals surface area contributed by atoms with Crippen molar-refractivity contribution in [2.24, 2.45) is 5.10 Å². The van der Waals surface area contributed by atoms with Gasteiger partial charge in [-0.2, -0.15) is 14.9 Å². The van der Waals surface area contributed by atoms with E-state index in [0.717, 1.165) is 10.4 Å².